The highest BCUT2D eigenvalue weighted by Gasteiger charge is 2.54. The molecule has 0 aromatic heterocycles. The Morgan fingerprint density at radius 1 is 0.970 bits per heavy atom. The molecule has 3 aromatic carbocycles. The second-order valence-electron chi connectivity index (χ2n) is 9.29. The van der Waals surface area contributed by atoms with E-state index in [1.807, 2.05) is 62.4 Å². The lowest BCUT2D eigenvalue weighted by atomic mass is 9.76. The summed E-state index contributed by atoms with van der Waals surface area (Å²) in [6, 6.07) is 16.1. The molecule has 0 radical (unpaired) electrons. The van der Waals surface area contributed by atoms with E-state index in [0.29, 0.717) is 22.4 Å². The highest BCUT2D eigenvalue weighted by molar-refractivity contribution is 6.09. The number of nitro benzene ring substituents is 1. The number of ether oxygens (including phenoxy) is 1. The first-order valence-corrected chi connectivity index (χ1v) is 10.8. The normalized spacial score (nSPS) is 19.4. The number of non-ortho nitro benzene ring substituents is 1. The molecule has 166 valence electrons. The van der Waals surface area contributed by atoms with Crippen molar-refractivity contribution in [3.8, 4) is 5.75 Å². The molecule has 6 heteroatoms. The zero-order valence-electron chi connectivity index (χ0n) is 18.9. The number of carbonyl (C=O) groups is 1. The van der Waals surface area contributed by atoms with E-state index in [-0.39, 0.29) is 11.5 Å². The van der Waals surface area contributed by atoms with Crippen molar-refractivity contribution in [2.75, 3.05) is 5.32 Å². The molecular weight excluding hydrogens is 416 g/mol. The summed E-state index contributed by atoms with van der Waals surface area (Å²) >= 11 is 0. The van der Waals surface area contributed by atoms with E-state index in [4.69, 9.17) is 4.74 Å². The van der Waals surface area contributed by atoms with Crippen LogP contribution in [0.15, 0.2) is 60.7 Å². The second-order valence-corrected chi connectivity index (χ2v) is 9.29. The lowest BCUT2D eigenvalue weighted by Crippen LogP contribution is -2.53. The van der Waals surface area contributed by atoms with Crippen molar-refractivity contribution in [2.24, 2.45) is 0 Å². The van der Waals surface area contributed by atoms with Crippen molar-refractivity contribution in [2.45, 2.75) is 38.8 Å². The molecule has 33 heavy (non-hydrogen) atoms. The number of ketones is 1. The summed E-state index contributed by atoms with van der Waals surface area (Å²) in [6.07, 6.45) is 3.76. The maximum Gasteiger partial charge on any atom is 0.270 e. The van der Waals surface area contributed by atoms with Gasteiger partial charge in [-0.25, -0.2) is 0 Å². The Morgan fingerprint density at radius 2 is 1.70 bits per heavy atom. The summed E-state index contributed by atoms with van der Waals surface area (Å²) < 4.78 is 6.42. The van der Waals surface area contributed by atoms with Crippen LogP contribution in [0.25, 0.3) is 6.08 Å². The molecule has 1 N–H and O–H groups in total. The van der Waals surface area contributed by atoms with Crippen LogP contribution in [-0.2, 0) is 5.41 Å². The van der Waals surface area contributed by atoms with E-state index >= 15 is 0 Å². The standard InChI is InChI=1S/C27H24N2O4/c1-16-5-6-19(13-17(16)2)25(30)20-7-9-23-22(15-20)26(3,4)27(28-23)12-11-18-14-21(29(31)32)8-10-24(18)33-27/h5-15,28H,1-4H3. The van der Waals surface area contributed by atoms with E-state index in [1.54, 1.807) is 6.07 Å². The van der Waals surface area contributed by atoms with Gasteiger partial charge in [-0.15, -0.1) is 0 Å². The fraction of sp³-hybridized carbons (Fsp3) is 0.222. The molecule has 2 heterocycles. The van der Waals surface area contributed by atoms with Crippen LogP contribution in [0.2, 0.25) is 0 Å². The van der Waals surface area contributed by atoms with E-state index in [0.717, 1.165) is 22.4 Å². The van der Waals surface area contributed by atoms with Crippen molar-refractivity contribution < 1.29 is 14.5 Å². The average Bonchev–Trinajstić information content (AvgIpc) is 3.00. The molecule has 5 rings (SSSR count). The smallest absolute Gasteiger partial charge is 0.270 e. The first kappa shape index (κ1) is 20.9. The number of nitrogens with zero attached hydrogens (tertiary/aromatic N) is 1. The summed E-state index contributed by atoms with van der Waals surface area (Å²) in [5.41, 5.74) is 4.70. The van der Waals surface area contributed by atoms with E-state index in [2.05, 4.69) is 19.2 Å². The van der Waals surface area contributed by atoms with Gasteiger partial charge < -0.3 is 10.1 Å². The minimum absolute atomic E-state index is 0.0181. The molecule has 0 saturated heterocycles. The van der Waals surface area contributed by atoms with Gasteiger partial charge in [-0.1, -0.05) is 12.1 Å². The van der Waals surface area contributed by atoms with E-state index in [1.165, 1.54) is 12.1 Å². The molecule has 1 unspecified atom stereocenters. The molecule has 0 aliphatic carbocycles. The first-order valence-electron chi connectivity index (χ1n) is 10.8. The summed E-state index contributed by atoms with van der Waals surface area (Å²) in [5, 5.41) is 14.6. The van der Waals surface area contributed by atoms with Crippen LogP contribution in [0.5, 0.6) is 5.75 Å². The number of rotatable bonds is 3. The molecule has 2 aliphatic heterocycles. The number of nitrogens with one attached hydrogen (secondary N) is 1. The Hall–Kier alpha value is -3.93. The molecule has 0 amide bonds. The SMILES string of the molecule is Cc1ccc(C(=O)c2ccc3c(c2)C(C)(C)C2(C=Cc4cc([N+](=O)[O-])ccc4O2)N3)cc1C. The predicted octanol–water partition coefficient (Wildman–Crippen LogP) is 5.95. The van der Waals surface area contributed by atoms with Crippen molar-refractivity contribution in [3.05, 3.63) is 104 Å². The first-order chi connectivity index (χ1) is 15.6. The van der Waals surface area contributed by atoms with Crippen molar-refractivity contribution >= 4 is 23.2 Å². The molecule has 2 aliphatic rings. The number of aryl methyl sites for hydroxylation is 2. The predicted molar refractivity (Wildman–Crippen MR) is 128 cm³/mol. The third-order valence-corrected chi connectivity index (χ3v) is 6.95. The fourth-order valence-corrected chi connectivity index (χ4v) is 4.61. The van der Waals surface area contributed by atoms with Gasteiger partial charge in [-0.2, -0.15) is 0 Å². The number of hydrogen-bond acceptors (Lipinski definition) is 5. The summed E-state index contributed by atoms with van der Waals surface area (Å²) in [6.45, 7) is 8.17. The van der Waals surface area contributed by atoms with Gasteiger partial charge in [0.25, 0.3) is 5.69 Å². The number of nitro groups is 1. The molecular formula is C27H24N2O4. The van der Waals surface area contributed by atoms with Crippen LogP contribution < -0.4 is 10.1 Å². The molecule has 0 saturated carbocycles. The van der Waals surface area contributed by atoms with Crippen LogP contribution in [0.1, 0.15) is 52.0 Å². The van der Waals surface area contributed by atoms with Gasteiger partial charge in [0.05, 0.1) is 10.3 Å². The van der Waals surface area contributed by atoms with E-state index in [9.17, 15) is 14.9 Å². The lowest BCUT2D eigenvalue weighted by molar-refractivity contribution is -0.384. The van der Waals surface area contributed by atoms with Gasteiger partial charge in [-0.3, -0.25) is 14.9 Å². The van der Waals surface area contributed by atoms with Crippen LogP contribution >= 0.6 is 0 Å². The maximum absolute atomic E-state index is 13.2. The Labute approximate surface area is 192 Å². The van der Waals surface area contributed by atoms with Gasteiger partial charge in [-0.05, 0) is 86.9 Å². The topological polar surface area (TPSA) is 81.5 Å². The number of hydrogen-bond donors (Lipinski definition) is 1. The number of fused-ring (bicyclic) bond motifs is 2. The largest absolute Gasteiger partial charge is 0.463 e. The Balaban J connectivity index is 1.51. The summed E-state index contributed by atoms with van der Waals surface area (Å²) in [4.78, 5) is 23.9. The monoisotopic (exact) mass is 440 g/mol. The van der Waals surface area contributed by atoms with Crippen molar-refractivity contribution in [1.29, 1.82) is 0 Å². The second kappa shape index (κ2) is 7.04. The highest BCUT2D eigenvalue weighted by atomic mass is 16.6. The van der Waals surface area contributed by atoms with Gasteiger partial charge in [0, 0.05) is 34.5 Å². The van der Waals surface area contributed by atoms with Crippen LogP contribution in [0, 0.1) is 24.0 Å². The van der Waals surface area contributed by atoms with Crippen LogP contribution in [0.4, 0.5) is 11.4 Å². The van der Waals surface area contributed by atoms with Gasteiger partial charge >= 0.3 is 0 Å². The quantitative estimate of drug-likeness (QED) is 0.309. The maximum atomic E-state index is 13.2. The number of benzene rings is 3. The number of anilines is 1. The minimum Gasteiger partial charge on any atom is -0.463 e. The Bertz CT molecular complexity index is 1370. The zero-order chi connectivity index (χ0) is 23.5. The molecule has 1 spiro atoms. The molecule has 0 fully saturated rings. The zero-order valence-corrected chi connectivity index (χ0v) is 18.9. The molecule has 3 aromatic rings. The van der Waals surface area contributed by atoms with Crippen LogP contribution in [-0.4, -0.2) is 16.4 Å². The summed E-state index contributed by atoms with van der Waals surface area (Å²) in [5.74, 6) is 0.554. The van der Waals surface area contributed by atoms with Crippen molar-refractivity contribution in [1.82, 2.24) is 0 Å². The van der Waals surface area contributed by atoms with Gasteiger partial charge in [0.1, 0.15) is 5.75 Å². The summed E-state index contributed by atoms with van der Waals surface area (Å²) in [7, 11) is 0. The third-order valence-electron chi connectivity index (χ3n) is 6.95. The molecule has 0 bridgehead atoms. The van der Waals surface area contributed by atoms with E-state index < -0.39 is 16.1 Å². The Kier molecular flexibility index (Phi) is 4.47. The highest BCUT2D eigenvalue weighted by Crippen LogP contribution is 2.51. The average molecular weight is 440 g/mol. The lowest BCUT2D eigenvalue weighted by Gasteiger charge is -2.41. The third kappa shape index (κ3) is 3.13. The molecule has 1 atom stereocenters. The molecule has 6 nitrogen and oxygen atoms in total. The Morgan fingerprint density at radius 3 is 2.42 bits per heavy atom. The van der Waals surface area contributed by atoms with Crippen molar-refractivity contribution in [3.63, 3.8) is 0 Å². The van der Waals surface area contributed by atoms with Gasteiger partial charge in [0.2, 0.25) is 5.72 Å². The number of carbonyl (C=O) groups excluding carboxylic acids is 1. The minimum atomic E-state index is -0.874. The van der Waals surface area contributed by atoms with Crippen LogP contribution in [0.3, 0.4) is 0 Å². The fourth-order valence-electron chi connectivity index (χ4n) is 4.61. The van der Waals surface area contributed by atoms with Gasteiger partial charge in [0.15, 0.2) is 5.78 Å².